The fourth-order valence-electron chi connectivity index (χ4n) is 2.63. The van der Waals surface area contributed by atoms with Crippen LogP contribution in [0.15, 0.2) is 0 Å². The summed E-state index contributed by atoms with van der Waals surface area (Å²) in [6.45, 7) is 5.53. The number of aliphatic carboxylic acids is 2. The van der Waals surface area contributed by atoms with Crippen LogP contribution in [0.25, 0.3) is 0 Å². The van der Waals surface area contributed by atoms with Crippen molar-refractivity contribution in [3.63, 3.8) is 0 Å². The first-order valence-electron chi connectivity index (χ1n) is 7.86. The summed E-state index contributed by atoms with van der Waals surface area (Å²) >= 11 is 0. The summed E-state index contributed by atoms with van der Waals surface area (Å²) in [5.41, 5.74) is -1.62. The van der Waals surface area contributed by atoms with E-state index in [1.54, 1.807) is 13.8 Å². The Balaban J connectivity index is -0.00000180. The Bertz CT molecular complexity index is 295. The van der Waals surface area contributed by atoms with Crippen molar-refractivity contribution in [1.29, 1.82) is 0 Å². The zero-order valence-corrected chi connectivity index (χ0v) is 14.2. The van der Waals surface area contributed by atoms with Gasteiger partial charge in [-0.15, -0.1) is 0 Å². The maximum atomic E-state index is 11.4. The summed E-state index contributed by atoms with van der Waals surface area (Å²) in [7, 11) is 0. The minimum Gasteiger partial charge on any atom is -1.00 e. The molecular formula is C16H31LiO4. The van der Waals surface area contributed by atoms with Gasteiger partial charge < -0.3 is 11.6 Å². The Morgan fingerprint density at radius 1 is 0.905 bits per heavy atom. The molecule has 5 heteroatoms. The zero-order chi connectivity index (χ0) is 15.6. The normalized spacial score (nSPS) is 11.2. The summed E-state index contributed by atoms with van der Waals surface area (Å²) in [5.74, 6) is -2.81. The van der Waals surface area contributed by atoms with Crippen LogP contribution in [0.3, 0.4) is 0 Å². The average molecular weight is 294 g/mol. The molecule has 0 aromatic heterocycles. The summed E-state index contributed by atoms with van der Waals surface area (Å²) in [6.07, 6.45) is 9.03. The van der Waals surface area contributed by atoms with Gasteiger partial charge in [0.05, 0.1) is 0 Å². The van der Waals surface area contributed by atoms with Gasteiger partial charge in [0.15, 0.2) is 5.41 Å². The standard InChI is InChI=1S/C16H30O4.Li.H/c1-4-5-6-7-8-9-10-11-12-16(13(2)3,14(17)18)15(19)20;;/h13H,4-12H2,1-3H3,(H,17,18)(H,19,20);;/q;+1;-1. The first-order chi connectivity index (χ1) is 9.39. The SMILES string of the molecule is CCCCCCCCCCC(C(=O)O)(C(=O)O)C(C)C.[H-].[Li+]. The molecule has 0 saturated heterocycles. The maximum absolute atomic E-state index is 11.4. The van der Waals surface area contributed by atoms with Crippen molar-refractivity contribution in [2.24, 2.45) is 11.3 Å². The number of unbranched alkanes of at least 4 members (excludes halogenated alkanes) is 7. The molecule has 0 rings (SSSR count). The number of carboxylic acids is 2. The number of rotatable bonds is 12. The topological polar surface area (TPSA) is 74.6 Å². The summed E-state index contributed by atoms with van der Waals surface area (Å²) in [5, 5.41) is 18.6. The third-order valence-electron chi connectivity index (χ3n) is 4.17. The van der Waals surface area contributed by atoms with Crippen LogP contribution < -0.4 is 18.9 Å². The second-order valence-corrected chi connectivity index (χ2v) is 5.96. The maximum Gasteiger partial charge on any atom is 1.00 e. The molecule has 4 nitrogen and oxygen atoms in total. The molecule has 0 aromatic carbocycles. The van der Waals surface area contributed by atoms with Gasteiger partial charge in [-0.1, -0.05) is 72.1 Å². The van der Waals surface area contributed by atoms with Gasteiger partial charge in [0, 0.05) is 0 Å². The van der Waals surface area contributed by atoms with E-state index in [4.69, 9.17) is 0 Å². The minimum atomic E-state index is -1.62. The van der Waals surface area contributed by atoms with Gasteiger partial charge in [-0.05, 0) is 12.3 Å². The molecule has 21 heavy (non-hydrogen) atoms. The van der Waals surface area contributed by atoms with E-state index < -0.39 is 23.3 Å². The zero-order valence-electron chi connectivity index (χ0n) is 15.2. The Morgan fingerprint density at radius 3 is 1.62 bits per heavy atom. The predicted octanol–water partition coefficient (Wildman–Crippen LogP) is 1.45. The molecule has 0 spiro atoms. The van der Waals surface area contributed by atoms with Gasteiger partial charge in [-0.25, -0.2) is 0 Å². The molecule has 0 aliphatic rings. The molecule has 0 aliphatic carbocycles. The third-order valence-corrected chi connectivity index (χ3v) is 4.17. The fourth-order valence-corrected chi connectivity index (χ4v) is 2.63. The Hall–Kier alpha value is -0.463. The van der Waals surface area contributed by atoms with Crippen molar-refractivity contribution in [3.05, 3.63) is 0 Å². The van der Waals surface area contributed by atoms with Crippen molar-refractivity contribution in [1.82, 2.24) is 0 Å². The van der Waals surface area contributed by atoms with Crippen LogP contribution in [-0.4, -0.2) is 22.2 Å². The van der Waals surface area contributed by atoms with E-state index in [0.29, 0.717) is 6.42 Å². The van der Waals surface area contributed by atoms with Crippen LogP contribution in [0, 0.1) is 11.3 Å². The summed E-state index contributed by atoms with van der Waals surface area (Å²) < 4.78 is 0. The van der Waals surface area contributed by atoms with Crippen molar-refractivity contribution in [2.45, 2.75) is 78.6 Å². The van der Waals surface area contributed by atoms with Gasteiger partial charge in [0.1, 0.15) is 0 Å². The van der Waals surface area contributed by atoms with Crippen LogP contribution >= 0.6 is 0 Å². The number of carboxylic acid groups (broad SMARTS) is 2. The van der Waals surface area contributed by atoms with Crippen LogP contribution in [0.4, 0.5) is 0 Å². The van der Waals surface area contributed by atoms with Gasteiger partial charge in [-0.2, -0.15) is 0 Å². The van der Waals surface area contributed by atoms with E-state index in [0.717, 1.165) is 19.3 Å². The molecule has 0 atom stereocenters. The third kappa shape index (κ3) is 7.38. The summed E-state index contributed by atoms with van der Waals surface area (Å²) in [6, 6.07) is 0. The van der Waals surface area contributed by atoms with Crippen molar-refractivity contribution >= 4 is 11.9 Å². The molecule has 0 fully saturated rings. The summed E-state index contributed by atoms with van der Waals surface area (Å²) in [4.78, 5) is 22.7. The first kappa shape index (κ1) is 22.8. The van der Waals surface area contributed by atoms with Crippen molar-refractivity contribution < 1.29 is 40.1 Å². The van der Waals surface area contributed by atoms with Crippen LogP contribution in [0.5, 0.6) is 0 Å². The Morgan fingerprint density at radius 2 is 1.29 bits per heavy atom. The van der Waals surface area contributed by atoms with Gasteiger partial charge >= 0.3 is 30.8 Å². The fraction of sp³-hybridized carbons (Fsp3) is 0.875. The number of hydrogen-bond donors (Lipinski definition) is 2. The van der Waals surface area contributed by atoms with E-state index >= 15 is 0 Å². The Kier molecular flexibility index (Phi) is 13.2. The van der Waals surface area contributed by atoms with E-state index in [1.807, 2.05) is 0 Å². The van der Waals surface area contributed by atoms with E-state index in [-0.39, 0.29) is 26.7 Å². The molecular weight excluding hydrogens is 263 g/mol. The number of carbonyl (C=O) groups is 2. The second-order valence-electron chi connectivity index (χ2n) is 5.96. The van der Waals surface area contributed by atoms with E-state index in [9.17, 15) is 19.8 Å². The second kappa shape index (κ2) is 12.1. The largest absolute Gasteiger partial charge is 1.00 e. The van der Waals surface area contributed by atoms with E-state index in [1.165, 1.54) is 25.7 Å². The molecule has 0 radical (unpaired) electrons. The monoisotopic (exact) mass is 294 g/mol. The van der Waals surface area contributed by atoms with E-state index in [2.05, 4.69) is 6.92 Å². The van der Waals surface area contributed by atoms with Crippen LogP contribution in [-0.2, 0) is 9.59 Å². The number of hydrogen-bond acceptors (Lipinski definition) is 2. The predicted molar refractivity (Wildman–Crippen MR) is 80.9 cm³/mol. The smallest absolute Gasteiger partial charge is 1.00 e. The molecule has 120 valence electrons. The van der Waals surface area contributed by atoms with Crippen molar-refractivity contribution in [2.75, 3.05) is 0 Å². The molecule has 0 aliphatic heterocycles. The molecule has 0 amide bonds. The molecule has 0 saturated carbocycles. The van der Waals surface area contributed by atoms with Gasteiger partial charge in [0.2, 0.25) is 0 Å². The Labute approximate surface area is 142 Å². The minimum absolute atomic E-state index is 0. The average Bonchev–Trinajstić information content (AvgIpc) is 2.35. The van der Waals surface area contributed by atoms with Crippen molar-refractivity contribution in [3.8, 4) is 0 Å². The molecule has 0 unspecified atom stereocenters. The van der Waals surface area contributed by atoms with Gasteiger partial charge in [0.25, 0.3) is 0 Å². The molecule has 2 N–H and O–H groups in total. The molecule has 0 heterocycles. The van der Waals surface area contributed by atoms with Crippen LogP contribution in [0.1, 0.15) is 80.0 Å². The quantitative estimate of drug-likeness (QED) is 0.324. The molecule has 0 aromatic rings. The van der Waals surface area contributed by atoms with Gasteiger partial charge in [-0.3, -0.25) is 9.59 Å². The first-order valence-corrected chi connectivity index (χ1v) is 7.86. The van der Waals surface area contributed by atoms with Crippen LogP contribution in [0.2, 0.25) is 0 Å². The molecule has 0 bridgehead atoms.